The Labute approximate surface area is 160 Å². The standard InChI is InChI=1S/C22H27N3O2/c1-16-19(23-15-21(26)24-18-11-6-3-7-12-18)13-8-14-20(16)25-22(27)17-9-4-2-5-10-17/h2,4-5,8-10,13-14,18,23H,3,6-7,11-12,15H2,1H3,(H,24,26)(H,25,27). The van der Waals surface area contributed by atoms with Gasteiger partial charge >= 0.3 is 0 Å². The summed E-state index contributed by atoms with van der Waals surface area (Å²) in [4.78, 5) is 24.6. The fourth-order valence-electron chi connectivity index (χ4n) is 3.45. The smallest absolute Gasteiger partial charge is 0.255 e. The summed E-state index contributed by atoms with van der Waals surface area (Å²) in [5.74, 6) is -0.133. The van der Waals surface area contributed by atoms with E-state index in [1.165, 1.54) is 19.3 Å². The van der Waals surface area contributed by atoms with Crippen molar-refractivity contribution < 1.29 is 9.59 Å². The second kappa shape index (κ2) is 9.21. The SMILES string of the molecule is Cc1c(NCC(=O)NC2CCCCC2)cccc1NC(=O)c1ccccc1. The summed E-state index contributed by atoms with van der Waals surface area (Å²) in [5.41, 5.74) is 3.11. The summed E-state index contributed by atoms with van der Waals surface area (Å²) in [6, 6.07) is 15.1. The fraction of sp³-hybridized carbons (Fsp3) is 0.364. The maximum absolute atomic E-state index is 12.4. The molecular formula is C22H27N3O2. The Balaban J connectivity index is 1.57. The molecule has 0 spiro atoms. The highest BCUT2D eigenvalue weighted by atomic mass is 16.2. The number of rotatable bonds is 6. The number of benzene rings is 2. The topological polar surface area (TPSA) is 70.2 Å². The number of amides is 2. The average molecular weight is 365 g/mol. The Hall–Kier alpha value is -2.82. The molecule has 2 aromatic rings. The summed E-state index contributed by atoms with van der Waals surface area (Å²) >= 11 is 0. The second-order valence-electron chi connectivity index (χ2n) is 7.05. The van der Waals surface area contributed by atoms with E-state index in [9.17, 15) is 9.59 Å². The van der Waals surface area contributed by atoms with Gasteiger partial charge in [-0.1, -0.05) is 43.5 Å². The molecule has 0 saturated heterocycles. The van der Waals surface area contributed by atoms with Gasteiger partial charge in [-0.3, -0.25) is 9.59 Å². The molecule has 1 aliphatic rings. The first-order valence-corrected chi connectivity index (χ1v) is 9.63. The lowest BCUT2D eigenvalue weighted by Crippen LogP contribution is -2.39. The van der Waals surface area contributed by atoms with Crippen LogP contribution in [0.25, 0.3) is 0 Å². The predicted octanol–water partition coefficient (Wildman–Crippen LogP) is 4.11. The molecule has 5 heteroatoms. The van der Waals surface area contributed by atoms with Crippen LogP contribution in [-0.2, 0) is 4.79 Å². The lowest BCUT2D eigenvalue weighted by molar-refractivity contribution is -0.120. The Bertz CT molecular complexity index is 783. The monoisotopic (exact) mass is 365 g/mol. The van der Waals surface area contributed by atoms with Crippen LogP contribution in [0.2, 0.25) is 0 Å². The van der Waals surface area contributed by atoms with Gasteiger partial charge in [-0.05, 0) is 49.6 Å². The summed E-state index contributed by atoms with van der Waals surface area (Å²) < 4.78 is 0. The summed E-state index contributed by atoms with van der Waals surface area (Å²) in [6.07, 6.45) is 5.81. The molecule has 3 rings (SSSR count). The van der Waals surface area contributed by atoms with Gasteiger partial charge in [-0.25, -0.2) is 0 Å². The fourth-order valence-corrected chi connectivity index (χ4v) is 3.45. The van der Waals surface area contributed by atoms with Gasteiger partial charge in [0, 0.05) is 23.0 Å². The number of hydrogen-bond donors (Lipinski definition) is 3. The molecule has 0 aliphatic heterocycles. The molecule has 0 radical (unpaired) electrons. The Kier molecular flexibility index (Phi) is 6.47. The molecule has 1 fully saturated rings. The molecule has 0 atom stereocenters. The summed E-state index contributed by atoms with van der Waals surface area (Å²) in [6.45, 7) is 2.16. The maximum Gasteiger partial charge on any atom is 0.255 e. The van der Waals surface area contributed by atoms with E-state index in [1.807, 2.05) is 43.3 Å². The molecule has 2 aromatic carbocycles. The molecule has 0 heterocycles. The molecule has 0 unspecified atom stereocenters. The zero-order valence-corrected chi connectivity index (χ0v) is 15.8. The lowest BCUT2D eigenvalue weighted by atomic mass is 9.95. The number of carbonyl (C=O) groups excluding carboxylic acids is 2. The van der Waals surface area contributed by atoms with Crippen LogP contribution in [0.3, 0.4) is 0 Å². The van der Waals surface area contributed by atoms with Crippen LogP contribution in [0.5, 0.6) is 0 Å². The number of carbonyl (C=O) groups is 2. The van der Waals surface area contributed by atoms with Gasteiger partial charge in [-0.2, -0.15) is 0 Å². The van der Waals surface area contributed by atoms with Crippen LogP contribution < -0.4 is 16.0 Å². The largest absolute Gasteiger partial charge is 0.376 e. The van der Waals surface area contributed by atoms with Crippen LogP contribution in [0.4, 0.5) is 11.4 Å². The maximum atomic E-state index is 12.4. The molecule has 1 saturated carbocycles. The molecule has 142 valence electrons. The van der Waals surface area contributed by atoms with E-state index < -0.39 is 0 Å². The van der Waals surface area contributed by atoms with Crippen LogP contribution in [0, 0.1) is 6.92 Å². The Morgan fingerprint density at radius 1 is 0.926 bits per heavy atom. The average Bonchev–Trinajstić information content (AvgIpc) is 2.70. The van der Waals surface area contributed by atoms with E-state index in [-0.39, 0.29) is 18.4 Å². The minimum Gasteiger partial charge on any atom is -0.376 e. The molecule has 5 nitrogen and oxygen atoms in total. The third kappa shape index (κ3) is 5.33. The predicted molar refractivity (Wildman–Crippen MR) is 109 cm³/mol. The minimum atomic E-state index is -0.147. The Morgan fingerprint density at radius 2 is 1.63 bits per heavy atom. The van der Waals surface area contributed by atoms with Crippen LogP contribution in [0.15, 0.2) is 48.5 Å². The minimum absolute atomic E-state index is 0.0139. The van der Waals surface area contributed by atoms with Crippen molar-refractivity contribution in [3.8, 4) is 0 Å². The first-order chi connectivity index (χ1) is 13.1. The van der Waals surface area contributed by atoms with E-state index >= 15 is 0 Å². The van der Waals surface area contributed by atoms with E-state index in [0.717, 1.165) is 29.8 Å². The molecule has 2 amide bonds. The quantitative estimate of drug-likeness (QED) is 0.721. The molecule has 1 aliphatic carbocycles. The van der Waals surface area contributed by atoms with Crippen molar-refractivity contribution in [1.29, 1.82) is 0 Å². The van der Waals surface area contributed by atoms with Crippen molar-refractivity contribution in [2.75, 3.05) is 17.2 Å². The van der Waals surface area contributed by atoms with Crippen molar-refractivity contribution >= 4 is 23.2 Å². The third-order valence-electron chi connectivity index (χ3n) is 5.03. The molecule has 0 bridgehead atoms. The van der Waals surface area contributed by atoms with Gasteiger partial charge in [0.05, 0.1) is 6.54 Å². The van der Waals surface area contributed by atoms with Gasteiger partial charge in [0.25, 0.3) is 5.91 Å². The lowest BCUT2D eigenvalue weighted by Gasteiger charge is -2.23. The van der Waals surface area contributed by atoms with Gasteiger partial charge in [0.2, 0.25) is 5.91 Å². The molecule has 0 aromatic heterocycles. The number of anilines is 2. The normalized spacial score (nSPS) is 14.4. The van der Waals surface area contributed by atoms with Crippen LogP contribution >= 0.6 is 0 Å². The van der Waals surface area contributed by atoms with Gasteiger partial charge in [0.1, 0.15) is 0 Å². The van der Waals surface area contributed by atoms with Crippen molar-refractivity contribution in [1.82, 2.24) is 5.32 Å². The van der Waals surface area contributed by atoms with Gasteiger partial charge in [0.15, 0.2) is 0 Å². The molecular weight excluding hydrogens is 338 g/mol. The van der Waals surface area contributed by atoms with Crippen molar-refractivity contribution in [2.45, 2.75) is 45.1 Å². The van der Waals surface area contributed by atoms with E-state index in [2.05, 4.69) is 16.0 Å². The highest BCUT2D eigenvalue weighted by molar-refractivity contribution is 6.05. The van der Waals surface area contributed by atoms with Gasteiger partial charge in [-0.15, -0.1) is 0 Å². The highest BCUT2D eigenvalue weighted by Gasteiger charge is 2.16. The first kappa shape index (κ1) is 19.0. The molecule has 27 heavy (non-hydrogen) atoms. The third-order valence-corrected chi connectivity index (χ3v) is 5.03. The van der Waals surface area contributed by atoms with E-state index in [0.29, 0.717) is 11.6 Å². The van der Waals surface area contributed by atoms with E-state index in [4.69, 9.17) is 0 Å². The van der Waals surface area contributed by atoms with Crippen molar-refractivity contribution in [2.24, 2.45) is 0 Å². The zero-order valence-electron chi connectivity index (χ0n) is 15.8. The Morgan fingerprint density at radius 3 is 2.37 bits per heavy atom. The first-order valence-electron chi connectivity index (χ1n) is 9.63. The van der Waals surface area contributed by atoms with Crippen LogP contribution in [-0.4, -0.2) is 24.4 Å². The second-order valence-corrected chi connectivity index (χ2v) is 7.05. The zero-order chi connectivity index (χ0) is 19.1. The highest BCUT2D eigenvalue weighted by Crippen LogP contribution is 2.24. The number of nitrogens with one attached hydrogen (secondary N) is 3. The van der Waals surface area contributed by atoms with Gasteiger partial charge < -0.3 is 16.0 Å². The number of hydrogen-bond acceptors (Lipinski definition) is 3. The van der Waals surface area contributed by atoms with Crippen molar-refractivity contribution in [3.05, 3.63) is 59.7 Å². The van der Waals surface area contributed by atoms with Crippen LogP contribution in [0.1, 0.15) is 48.0 Å². The van der Waals surface area contributed by atoms with Crippen molar-refractivity contribution in [3.63, 3.8) is 0 Å². The summed E-state index contributed by atoms with van der Waals surface area (Å²) in [7, 11) is 0. The summed E-state index contributed by atoms with van der Waals surface area (Å²) in [5, 5.41) is 9.24. The molecule has 3 N–H and O–H groups in total. The van der Waals surface area contributed by atoms with E-state index in [1.54, 1.807) is 12.1 Å².